The van der Waals surface area contributed by atoms with Crippen molar-refractivity contribution in [2.45, 2.75) is 49.0 Å². The van der Waals surface area contributed by atoms with Crippen LogP contribution in [0.4, 0.5) is 4.39 Å². The Labute approximate surface area is 128 Å². The highest BCUT2D eigenvalue weighted by molar-refractivity contribution is 8.00. The van der Waals surface area contributed by atoms with E-state index < -0.39 is 5.82 Å². The summed E-state index contributed by atoms with van der Waals surface area (Å²) in [4.78, 5) is 12.6. The largest absolute Gasteiger partial charge is 0.294 e. The number of nitrogens with zero attached hydrogens (tertiary/aromatic N) is 1. The Hall–Kier alpha value is -1.34. The van der Waals surface area contributed by atoms with Crippen molar-refractivity contribution in [1.82, 2.24) is 0 Å². The number of rotatable bonds is 3. The molecule has 2 heterocycles. The van der Waals surface area contributed by atoms with E-state index in [0.29, 0.717) is 16.1 Å². The molecule has 0 aromatic heterocycles. The SMILES string of the molecule is N#CCc1ccc(C(=O)C2CC3CCCC(C2)S3)c(F)c1. The number of ketones is 1. The van der Waals surface area contributed by atoms with Crippen molar-refractivity contribution < 1.29 is 9.18 Å². The van der Waals surface area contributed by atoms with E-state index in [1.807, 2.05) is 17.8 Å². The van der Waals surface area contributed by atoms with Crippen molar-refractivity contribution in [3.05, 3.63) is 35.1 Å². The maximum absolute atomic E-state index is 14.1. The molecule has 3 rings (SSSR count). The van der Waals surface area contributed by atoms with Crippen molar-refractivity contribution in [3.63, 3.8) is 0 Å². The van der Waals surface area contributed by atoms with Gasteiger partial charge in [0.1, 0.15) is 5.82 Å². The Morgan fingerprint density at radius 1 is 1.33 bits per heavy atom. The van der Waals surface area contributed by atoms with Gasteiger partial charge in [0, 0.05) is 16.4 Å². The number of carbonyl (C=O) groups is 1. The lowest BCUT2D eigenvalue weighted by molar-refractivity contribution is 0.0892. The Morgan fingerprint density at radius 3 is 2.67 bits per heavy atom. The molecular formula is C17H18FNOS. The van der Waals surface area contributed by atoms with Gasteiger partial charge >= 0.3 is 0 Å². The van der Waals surface area contributed by atoms with Crippen molar-refractivity contribution in [2.24, 2.45) is 5.92 Å². The fourth-order valence-electron chi connectivity index (χ4n) is 3.45. The second kappa shape index (κ2) is 6.19. The molecule has 0 N–H and O–H groups in total. The first-order valence-electron chi connectivity index (χ1n) is 7.52. The monoisotopic (exact) mass is 303 g/mol. The van der Waals surface area contributed by atoms with Crippen LogP contribution in [0, 0.1) is 23.1 Å². The molecule has 0 spiro atoms. The third kappa shape index (κ3) is 3.13. The van der Waals surface area contributed by atoms with Crippen molar-refractivity contribution >= 4 is 17.5 Å². The first kappa shape index (κ1) is 14.6. The molecule has 2 aliphatic heterocycles. The van der Waals surface area contributed by atoms with E-state index in [1.54, 1.807) is 12.1 Å². The van der Waals surface area contributed by atoms with Gasteiger partial charge in [-0.05, 0) is 43.4 Å². The van der Waals surface area contributed by atoms with Gasteiger partial charge in [-0.2, -0.15) is 17.0 Å². The number of benzene rings is 1. The number of carbonyl (C=O) groups excluding carboxylic acids is 1. The van der Waals surface area contributed by atoms with Gasteiger partial charge in [0.25, 0.3) is 0 Å². The highest BCUT2D eigenvalue weighted by atomic mass is 32.2. The van der Waals surface area contributed by atoms with Crippen molar-refractivity contribution in [3.8, 4) is 6.07 Å². The van der Waals surface area contributed by atoms with E-state index in [2.05, 4.69) is 0 Å². The number of thioether (sulfide) groups is 1. The van der Waals surface area contributed by atoms with Crippen LogP contribution >= 0.6 is 11.8 Å². The quantitative estimate of drug-likeness (QED) is 0.788. The summed E-state index contributed by atoms with van der Waals surface area (Å²) in [5.74, 6) is -0.554. The molecule has 2 atom stereocenters. The summed E-state index contributed by atoms with van der Waals surface area (Å²) in [6.45, 7) is 0. The van der Waals surface area contributed by atoms with Crippen LogP contribution in [0.2, 0.25) is 0 Å². The second-order valence-electron chi connectivity index (χ2n) is 5.99. The molecule has 0 aliphatic carbocycles. The van der Waals surface area contributed by atoms with Crippen LogP contribution < -0.4 is 0 Å². The zero-order valence-electron chi connectivity index (χ0n) is 11.8. The van der Waals surface area contributed by atoms with E-state index in [0.717, 1.165) is 12.8 Å². The molecule has 4 heteroatoms. The fourth-order valence-corrected chi connectivity index (χ4v) is 5.29. The number of nitriles is 1. The van der Waals surface area contributed by atoms with Gasteiger partial charge in [-0.1, -0.05) is 12.5 Å². The molecular weight excluding hydrogens is 285 g/mol. The summed E-state index contributed by atoms with van der Waals surface area (Å²) >= 11 is 2.02. The van der Waals surface area contributed by atoms with Crippen LogP contribution in [0.1, 0.15) is 48.0 Å². The van der Waals surface area contributed by atoms with Gasteiger partial charge in [0.15, 0.2) is 5.78 Å². The van der Waals surface area contributed by atoms with Crippen LogP contribution in [0.5, 0.6) is 0 Å². The topological polar surface area (TPSA) is 40.9 Å². The summed E-state index contributed by atoms with van der Waals surface area (Å²) in [7, 11) is 0. The molecule has 21 heavy (non-hydrogen) atoms. The molecule has 2 aliphatic rings. The predicted octanol–water partition coefficient (Wildman–Crippen LogP) is 4.14. The van der Waals surface area contributed by atoms with E-state index in [9.17, 15) is 9.18 Å². The molecule has 110 valence electrons. The first-order chi connectivity index (χ1) is 10.2. The zero-order valence-corrected chi connectivity index (χ0v) is 12.7. The van der Waals surface area contributed by atoms with Gasteiger partial charge in [-0.25, -0.2) is 4.39 Å². The summed E-state index contributed by atoms with van der Waals surface area (Å²) in [6.07, 6.45) is 5.60. The van der Waals surface area contributed by atoms with Gasteiger partial charge in [-0.15, -0.1) is 0 Å². The Kier molecular flexibility index (Phi) is 4.30. The third-order valence-electron chi connectivity index (χ3n) is 4.48. The minimum atomic E-state index is -0.476. The lowest BCUT2D eigenvalue weighted by Crippen LogP contribution is -2.33. The van der Waals surface area contributed by atoms with E-state index in [4.69, 9.17) is 5.26 Å². The molecule has 1 aromatic carbocycles. The van der Waals surface area contributed by atoms with Crippen LogP contribution in [0.25, 0.3) is 0 Å². The van der Waals surface area contributed by atoms with E-state index in [1.165, 1.54) is 25.3 Å². The minimum absolute atomic E-state index is 0.0298. The average Bonchev–Trinajstić information content (AvgIpc) is 2.46. The summed E-state index contributed by atoms with van der Waals surface area (Å²) in [5, 5.41) is 9.80. The van der Waals surface area contributed by atoms with Crippen molar-refractivity contribution in [2.75, 3.05) is 0 Å². The summed E-state index contributed by atoms with van der Waals surface area (Å²) in [5.41, 5.74) is 0.828. The lowest BCUT2D eigenvalue weighted by Gasteiger charge is -2.38. The highest BCUT2D eigenvalue weighted by Crippen LogP contribution is 2.44. The predicted molar refractivity (Wildman–Crippen MR) is 81.8 cm³/mol. The smallest absolute Gasteiger partial charge is 0.168 e. The van der Waals surface area contributed by atoms with Crippen LogP contribution in [-0.2, 0) is 6.42 Å². The first-order valence-corrected chi connectivity index (χ1v) is 8.46. The Bertz CT molecular complexity index is 583. The molecule has 2 saturated heterocycles. The second-order valence-corrected chi connectivity index (χ2v) is 7.60. The maximum Gasteiger partial charge on any atom is 0.168 e. The molecule has 0 saturated carbocycles. The Morgan fingerprint density at radius 2 is 2.05 bits per heavy atom. The molecule has 2 fully saturated rings. The number of halogens is 1. The summed E-state index contributed by atoms with van der Waals surface area (Å²) in [6, 6.07) is 6.57. The molecule has 2 unspecified atom stereocenters. The molecule has 0 radical (unpaired) electrons. The van der Waals surface area contributed by atoms with Gasteiger partial charge in [-0.3, -0.25) is 4.79 Å². The normalized spacial score (nSPS) is 27.9. The van der Waals surface area contributed by atoms with Gasteiger partial charge in [0.2, 0.25) is 0 Å². The van der Waals surface area contributed by atoms with Gasteiger partial charge in [0.05, 0.1) is 18.1 Å². The number of hydrogen-bond acceptors (Lipinski definition) is 3. The fraction of sp³-hybridized carbons (Fsp3) is 0.529. The van der Waals surface area contributed by atoms with Crippen molar-refractivity contribution in [1.29, 1.82) is 5.26 Å². The van der Waals surface area contributed by atoms with Crippen LogP contribution in [-0.4, -0.2) is 16.3 Å². The molecule has 2 bridgehead atoms. The average molecular weight is 303 g/mol. The van der Waals surface area contributed by atoms with Gasteiger partial charge < -0.3 is 0 Å². The number of fused-ring (bicyclic) bond motifs is 2. The standard InChI is InChI=1S/C17H18FNOS/c18-16-8-11(6-7-19)4-5-15(16)17(20)12-9-13-2-1-3-14(10-12)21-13/h4-5,8,12-14H,1-3,6,9-10H2. The molecule has 1 aromatic rings. The molecule has 2 nitrogen and oxygen atoms in total. The zero-order chi connectivity index (χ0) is 14.8. The minimum Gasteiger partial charge on any atom is -0.294 e. The Balaban J connectivity index is 1.77. The molecule has 0 amide bonds. The maximum atomic E-state index is 14.1. The van der Waals surface area contributed by atoms with Crippen LogP contribution in [0.15, 0.2) is 18.2 Å². The van der Waals surface area contributed by atoms with E-state index in [-0.39, 0.29) is 23.7 Å². The van der Waals surface area contributed by atoms with Crippen LogP contribution in [0.3, 0.4) is 0 Å². The summed E-state index contributed by atoms with van der Waals surface area (Å²) < 4.78 is 14.1. The number of Topliss-reactive ketones (excluding diaryl/α,β-unsaturated/α-hetero) is 1. The third-order valence-corrected chi connectivity index (χ3v) is 6.11. The lowest BCUT2D eigenvalue weighted by atomic mass is 9.84. The highest BCUT2D eigenvalue weighted by Gasteiger charge is 2.36. The van der Waals surface area contributed by atoms with E-state index >= 15 is 0 Å². The number of hydrogen-bond donors (Lipinski definition) is 0.